The minimum atomic E-state index is -1.10. The van der Waals surface area contributed by atoms with Crippen LogP contribution in [0.1, 0.15) is 11.1 Å². The summed E-state index contributed by atoms with van der Waals surface area (Å²) in [6.45, 7) is 3.20. The zero-order valence-corrected chi connectivity index (χ0v) is 14.9. The number of hydrogen-bond acceptors (Lipinski definition) is 6. The lowest BCUT2D eigenvalue weighted by atomic mass is 10.1. The number of carboxylic acids is 1. The van der Waals surface area contributed by atoms with E-state index in [9.17, 15) is 14.4 Å². The van der Waals surface area contributed by atoms with E-state index in [1.165, 1.54) is 17.8 Å². The SMILES string of the molecule is CSC[C@H](NC(=O)COc1ccc2c(C)c(C)c(=O)oc2c1)C(=O)O. The molecule has 134 valence electrons. The summed E-state index contributed by atoms with van der Waals surface area (Å²) in [5.74, 6) is -1.02. The topological polar surface area (TPSA) is 106 Å². The molecule has 1 aromatic carbocycles. The van der Waals surface area contributed by atoms with Gasteiger partial charge in [0.1, 0.15) is 17.4 Å². The van der Waals surface area contributed by atoms with E-state index in [2.05, 4.69) is 5.32 Å². The Morgan fingerprint density at radius 1 is 1.32 bits per heavy atom. The second-order valence-corrected chi connectivity index (χ2v) is 6.41. The normalized spacial score (nSPS) is 12.0. The fourth-order valence-corrected chi connectivity index (χ4v) is 2.80. The number of aryl methyl sites for hydroxylation is 1. The van der Waals surface area contributed by atoms with Crippen molar-refractivity contribution in [2.45, 2.75) is 19.9 Å². The molecule has 0 fully saturated rings. The molecule has 0 saturated carbocycles. The number of carboxylic acid groups (broad SMARTS) is 1. The molecule has 2 N–H and O–H groups in total. The van der Waals surface area contributed by atoms with Crippen molar-refractivity contribution < 1.29 is 23.8 Å². The molecule has 0 aliphatic carbocycles. The maximum absolute atomic E-state index is 11.8. The van der Waals surface area contributed by atoms with Gasteiger partial charge < -0.3 is 19.6 Å². The lowest BCUT2D eigenvalue weighted by Gasteiger charge is -2.14. The van der Waals surface area contributed by atoms with Crippen LogP contribution in [0.4, 0.5) is 0 Å². The van der Waals surface area contributed by atoms with Crippen molar-refractivity contribution in [2.75, 3.05) is 18.6 Å². The molecular formula is C17H19NO6S. The third-order valence-electron chi connectivity index (χ3n) is 3.77. The molecule has 25 heavy (non-hydrogen) atoms. The van der Waals surface area contributed by atoms with Gasteiger partial charge in [-0.25, -0.2) is 9.59 Å². The van der Waals surface area contributed by atoms with Crippen LogP contribution in [0.25, 0.3) is 11.0 Å². The second kappa shape index (κ2) is 8.06. The van der Waals surface area contributed by atoms with E-state index in [1.54, 1.807) is 25.3 Å². The van der Waals surface area contributed by atoms with E-state index in [-0.39, 0.29) is 12.4 Å². The summed E-state index contributed by atoms with van der Waals surface area (Å²) in [4.78, 5) is 34.6. The van der Waals surface area contributed by atoms with Gasteiger partial charge in [0.25, 0.3) is 5.91 Å². The molecule has 0 aliphatic rings. The Hall–Kier alpha value is -2.48. The Balaban J connectivity index is 2.08. The minimum absolute atomic E-state index is 0.265. The van der Waals surface area contributed by atoms with Crippen molar-refractivity contribution in [2.24, 2.45) is 0 Å². The van der Waals surface area contributed by atoms with Gasteiger partial charge in [0.2, 0.25) is 0 Å². The van der Waals surface area contributed by atoms with Crippen molar-refractivity contribution >= 4 is 34.6 Å². The first-order chi connectivity index (χ1) is 11.8. The summed E-state index contributed by atoms with van der Waals surface area (Å²) in [5.41, 5.74) is 1.34. The van der Waals surface area contributed by atoms with Crippen LogP contribution in [0.3, 0.4) is 0 Å². The number of nitrogens with one attached hydrogen (secondary N) is 1. The van der Waals surface area contributed by atoms with Crippen molar-refractivity contribution in [3.63, 3.8) is 0 Å². The first-order valence-corrected chi connectivity index (χ1v) is 8.90. The van der Waals surface area contributed by atoms with Crippen molar-refractivity contribution in [3.05, 3.63) is 39.7 Å². The summed E-state index contributed by atoms with van der Waals surface area (Å²) >= 11 is 1.32. The minimum Gasteiger partial charge on any atom is -0.484 e. The zero-order valence-electron chi connectivity index (χ0n) is 14.1. The van der Waals surface area contributed by atoms with Gasteiger partial charge in [-0.05, 0) is 37.8 Å². The van der Waals surface area contributed by atoms with Crippen LogP contribution < -0.4 is 15.7 Å². The first kappa shape index (κ1) is 18.9. The molecule has 8 heteroatoms. The lowest BCUT2D eigenvalue weighted by molar-refractivity contribution is -0.141. The number of amides is 1. The van der Waals surface area contributed by atoms with Gasteiger partial charge in [0.05, 0.1) is 0 Å². The number of rotatable bonds is 7. The predicted octanol–water partition coefficient (Wildman–Crippen LogP) is 1.72. The molecule has 2 rings (SSSR count). The molecule has 0 spiro atoms. The highest BCUT2D eigenvalue weighted by molar-refractivity contribution is 7.98. The highest BCUT2D eigenvalue weighted by atomic mass is 32.2. The summed E-state index contributed by atoms with van der Waals surface area (Å²) in [5, 5.41) is 12.2. The van der Waals surface area contributed by atoms with Crippen molar-refractivity contribution in [1.82, 2.24) is 5.32 Å². The number of carbonyl (C=O) groups is 2. The monoisotopic (exact) mass is 365 g/mol. The smallest absolute Gasteiger partial charge is 0.339 e. The fourth-order valence-electron chi connectivity index (χ4n) is 2.24. The maximum Gasteiger partial charge on any atom is 0.339 e. The van der Waals surface area contributed by atoms with Gasteiger partial charge >= 0.3 is 11.6 Å². The molecule has 1 amide bonds. The number of fused-ring (bicyclic) bond motifs is 1. The fraction of sp³-hybridized carbons (Fsp3) is 0.353. The van der Waals surface area contributed by atoms with Crippen LogP contribution in [-0.2, 0) is 9.59 Å². The third-order valence-corrected chi connectivity index (χ3v) is 4.43. The Kier molecular flexibility index (Phi) is 6.08. The molecule has 0 aliphatic heterocycles. The number of aliphatic carboxylic acids is 1. The number of ether oxygens (including phenoxy) is 1. The van der Waals surface area contributed by atoms with Crippen LogP contribution in [0.2, 0.25) is 0 Å². The van der Waals surface area contributed by atoms with Crippen LogP contribution in [0, 0.1) is 13.8 Å². The van der Waals surface area contributed by atoms with Crippen LogP contribution in [0.5, 0.6) is 5.75 Å². The Bertz CT molecular complexity index is 860. The van der Waals surface area contributed by atoms with Gasteiger partial charge in [-0.15, -0.1) is 0 Å². The Morgan fingerprint density at radius 3 is 2.68 bits per heavy atom. The van der Waals surface area contributed by atoms with Gasteiger partial charge in [0, 0.05) is 22.8 Å². The van der Waals surface area contributed by atoms with E-state index >= 15 is 0 Å². The number of benzene rings is 1. The maximum atomic E-state index is 11.8. The molecule has 1 atom stereocenters. The third kappa shape index (κ3) is 4.54. The summed E-state index contributed by atoms with van der Waals surface area (Å²) in [6, 6.07) is 3.99. The molecule has 0 radical (unpaired) electrons. The van der Waals surface area contributed by atoms with E-state index in [0.29, 0.717) is 16.9 Å². The molecular weight excluding hydrogens is 346 g/mol. The molecule has 1 heterocycles. The quantitative estimate of drug-likeness (QED) is 0.720. The van der Waals surface area contributed by atoms with Crippen molar-refractivity contribution in [1.29, 1.82) is 0 Å². The van der Waals surface area contributed by atoms with Crippen LogP contribution in [0.15, 0.2) is 27.4 Å². The highest BCUT2D eigenvalue weighted by Crippen LogP contribution is 2.23. The standard InChI is InChI=1S/C17H19NO6S/c1-9-10(2)17(22)24-14-6-11(4-5-12(9)14)23-7-15(19)18-13(8-25-3)16(20)21/h4-6,13H,7-8H2,1-3H3,(H,18,19)(H,20,21)/t13-/m0/s1. The number of hydrogen-bond donors (Lipinski definition) is 2. The Labute approximate surface area is 148 Å². The van der Waals surface area contributed by atoms with Gasteiger partial charge in [0.15, 0.2) is 6.61 Å². The predicted molar refractivity (Wildman–Crippen MR) is 95.4 cm³/mol. The van der Waals surface area contributed by atoms with E-state index in [4.69, 9.17) is 14.3 Å². The second-order valence-electron chi connectivity index (χ2n) is 5.50. The van der Waals surface area contributed by atoms with Gasteiger partial charge in [-0.2, -0.15) is 11.8 Å². The van der Waals surface area contributed by atoms with Gasteiger partial charge in [-0.3, -0.25) is 4.79 Å². The van der Waals surface area contributed by atoms with Crippen LogP contribution in [-0.4, -0.2) is 41.6 Å². The van der Waals surface area contributed by atoms with E-state index < -0.39 is 23.5 Å². The summed E-state index contributed by atoms with van der Waals surface area (Å²) in [7, 11) is 0. The van der Waals surface area contributed by atoms with Crippen molar-refractivity contribution in [3.8, 4) is 5.75 Å². The average molecular weight is 365 g/mol. The molecule has 7 nitrogen and oxygen atoms in total. The molecule has 1 aromatic heterocycles. The van der Waals surface area contributed by atoms with E-state index in [1.807, 2.05) is 6.92 Å². The van der Waals surface area contributed by atoms with Crippen LogP contribution >= 0.6 is 11.8 Å². The first-order valence-electron chi connectivity index (χ1n) is 7.51. The Morgan fingerprint density at radius 2 is 2.04 bits per heavy atom. The number of carbonyl (C=O) groups excluding carboxylic acids is 1. The number of thioether (sulfide) groups is 1. The molecule has 0 unspecified atom stereocenters. The lowest BCUT2D eigenvalue weighted by Crippen LogP contribution is -2.44. The average Bonchev–Trinajstić information content (AvgIpc) is 2.57. The van der Waals surface area contributed by atoms with E-state index in [0.717, 1.165) is 10.9 Å². The zero-order chi connectivity index (χ0) is 18.6. The van der Waals surface area contributed by atoms with Gasteiger partial charge in [-0.1, -0.05) is 0 Å². The summed E-state index contributed by atoms with van der Waals surface area (Å²) < 4.78 is 10.6. The largest absolute Gasteiger partial charge is 0.484 e. The molecule has 0 bridgehead atoms. The molecule has 0 saturated heterocycles. The molecule has 2 aromatic rings. The highest BCUT2D eigenvalue weighted by Gasteiger charge is 2.19. The summed E-state index contributed by atoms with van der Waals surface area (Å²) in [6.07, 6.45) is 1.76.